The molecule has 0 radical (unpaired) electrons. The maximum atomic E-state index is 4.61. The van der Waals surface area contributed by atoms with Gasteiger partial charge in [-0.25, -0.2) is 4.98 Å². The molecule has 3 heteroatoms. The number of anilines is 1. The average molecular weight is 241 g/mol. The highest BCUT2D eigenvalue weighted by atomic mass is 15.0. The first-order chi connectivity index (χ1) is 8.92. The SMILES string of the molecule is c1ccc2nc(NCCC3CCNC3)ccc2c1. The molecule has 0 amide bonds. The van der Waals surface area contributed by atoms with Crippen LogP contribution in [0.1, 0.15) is 12.8 Å². The maximum absolute atomic E-state index is 4.61. The van der Waals surface area contributed by atoms with Crippen LogP contribution in [-0.2, 0) is 0 Å². The maximum Gasteiger partial charge on any atom is 0.126 e. The van der Waals surface area contributed by atoms with Gasteiger partial charge in [0, 0.05) is 11.9 Å². The van der Waals surface area contributed by atoms with Gasteiger partial charge in [0.15, 0.2) is 0 Å². The van der Waals surface area contributed by atoms with Gasteiger partial charge in [-0.3, -0.25) is 0 Å². The Kier molecular flexibility index (Phi) is 3.42. The smallest absolute Gasteiger partial charge is 0.126 e. The first-order valence-electron chi connectivity index (χ1n) is 6.72. The van der Waals surface area contributed by atoms with Crippen LogP contribution in [0.3, 0.4) is 0 Å². The number of rotatable bonds is 4. The lowest BCUT2D eigenvalue weighted by Crippen LogP contribution is -2.13. The Labute approximate surface area is 108 Å². The van der Waals surface area contributed by atoms with Crippen molar-refractivity contribution < 1.29 is 0 Å². The molecular weight excluding hydrogens is 222 g/mol. The molecule has 18 heavy (non-hydrogen) atoms. The number of benzene rings is 1. The Bertz CT molecular complexity index is 518. The van der Waals surface area contributed by atoms with E-state index in [-0.39, 0.29) is 0 Å². The summed E-state index contributed by atoms with van der Waals surface area (Å²) in [4.78, 5) is 4.61. The summed E-state index contributed by atoms with van der Waals surface area (Å²) in [5.41, 5.74) is 1.06. The topological polar surface area (TPSA) is 37.0 Å². The van der Waals surface area contributed by atoms with E-state index in [1.54, 1.807) is 0 Å². The molecule has 3 rings (SSSR count). The van der Waals surface area contributed by atoms with Crippen molar-refractivity contribution in [2.24, 2.45) is 5.92 Å². The second-order valence-electron chi connectivity index (χ2n) is 4.96. The van der Waals surface area contributed by atoms with Crippen molar-refractivity contribution in [1.82, 2.24) is 10.3 Å². The van der Waals surface area contributed by atoms with Crippen LogP contribution < -0.4 is 10.6 Å². The van der Waals surface area contributed by atoms with E-state index in [2.05, 4.69) is 39.9 Å². The largest absolute Gasteiger partial charge is 0.370 e. The number of nitrogens with zero attached hydrogens (tertiary/aromatic N) is 1. The molecular formula is C15H19N3. The molecule has 1 aromatic carbocycles. The van der Waals surface area contributed by atoms with Gasteiger partial charge in [-0.15, -0.1) is 0 Å². The number of hydrogen-bond acceptors (Lipinski definition) is 3. The van der Waals surface area contributed by atoms with Crippen LogP contribution in [0.4, 0.5) is 5.82 Å². The summed E-state index contributed by atoms with van der Waals surface area (Å²) in [6, 6.07) is 12.4. The van der Waals surface area contributed by atoms with E-state index >= 15 is 0 Å². The van der Waals surface area contributed by atoms with Crippen molar-refractivity contribution in [2.75, 3.05) is 25.0 Å². The van der Waals surface area contributed by atoms with Crippen molar-refractivity contribution in [2.45, 2.75) is 12.8 Å². The summed E-state index contributed by atoms with van der Waals surface area (Å²) in [5, 5.41) is 8.02. The van der Waals surface area contributed by atoms with Gasteiger partial charge in [-0.2, -0.15) is 0 Å². The minimum Gasteiger partial charge on any atom is -0.370 e. The highest BCUT2D eigenvalue weighted by molar-refractivity contribution is 5.79. The lowest BCUT2D eigenvalue weighted by atomic mass is 10.1. The minimum absolute atomic E-state index is 0.831. The third-order valence-electron chi connectivity index (χ3n) is 3.62. The molecule has 2 aromatic rings. The third kappa shape index (κ3) is 2.62. The van der Waals surface area contributed by atoms with Gasteiger partial charge in [0.25, 0.3) is 0 Å². The normalized spacial score (nSPS) is 19.2. The molecule has 2 N–H and O–H groups in total. The van der Waals surface area contributed by atoms with Crippen LogP contribution in [0.5, 0.6) is 0 Å². The van der Waals surface area contributed by atoms with Crippen LogP contribution in [0.2, 0.25) is 0 Å². The predicted molar refractivity (Wildman–Crippen MR) is 75.8 cm³/mol. The van der Waals surface area contributed by atoms with Crippen molar-refractivity contribution >= 4 is 16.7 Å². The van der Waals surface area contributed by atoms with Crippen molar-refractivity contribution in [3.05, 3.63) is 36.4 Å². The zero-order valence-corrected chi connectivity index (χ0v) is 10.5. The summed E-state index contributed by atoms with van der Waals surface area (Å²) in [6.07, 6.45) is 2.54. The summed E-state index contributed by atoms with van der Waals surface area (Å²) in [5.74, 6) is 1.82. The zero-order chi connectivity index (χ0) is 12.2. The molecule has 1 aliphatic rings. The van der Waals surface area contributed by atoms with Gasteiger partial charge < -0.3 is 10.6 Å². The first-order valence-corrected chi connectivity index (χ1v) is 6.72. The first kappa shape index (κ1) is 11.5. The second-order valence-corrected chi connectivity index (χ2v) is 4.96. The van der Waals surface area contributed by atoms with E-state index in [4.69, 9.17) is 0 Å². The summed E-state index contributed by atoms with van der Waals surface area (Å²) in [7, 11) is 0. The molecule has 1 aliphatic heterocycles. The monoisotopic (exact) mass is 241 g/mol. The predicted octanol–water partition coefficient (Wildman–Crippen LogP) is 2.65. The summed E-state index contributed by atoms with van der Waals surface area (Å²) >= 11 is 0. The Hall–Kier alpha value is -1.61. The standard InChI is InChI=1S/C15H19N3/c1-2-4-14-13(3-1)5-6-15(18-14)17-10-8-12-7-9-16-11-12/h1-6,12,16H,7-11H2,(H,17,18). The van der Waals surface area contributed by atoms with E-state index in [9.17, 15) is 0 Å². The summed E-state index contributed by atoms with van der Waals surface area (Å²) < 4.78 is 0. The van der Waals surface area contributed by atoms with Crippen LogP contribution in [0.15, 0.2) is 36.4 Å². The van der Waals surface area contributed by atoms with Crippen LogP contribution in [0, 0.1) is 5.92 Å². The highest BCUT2D eigenvalue weighted by Crippen LogP contribution is 2.16. The lowest BCUT2D eigenvalue weighted by molar-refractivity contribution is 0.549. The Morgan fingerprint density at radius 2 is 2.17 bits per heavy atom. The average Bonchev–Trinajstić information content (AvgIpc) is 2.92. The van der Waals surface area contributed by atoms with Crippen molar-refractivity contribution in [3.63, 3.8) is 0 Å². The molecule has 94 valence electrons. The molecule has 2 heterocycles. The minimum atomic E-state index is 0.831. The van der Waals surface area contributed by atoms with Crippen LogP contribution in [0.25, 0.3) is 10.9 Å². The second kappa shape index (κ2) is 5.36. The van der Waals surface area contributed by atoms with E-state index in [1.807, 2.05) is 12.1 Å². The lowest BCUT2D eigenvalue weighted by Gasteiger charge is -2.10. The summed E-state index contributed by atoms with van der Waals surface area (Å²) in [6.45, 7) is 3.36. The quantitative estimate of drug-likeness (QED) is 0.864. The van der Waals surface area contributed by atoms with Gasteiger partial charge in [0.05, 0.1) is 5.52 Å². The molecule has 1 fully saturated rings. The Morgan fingerprint density at radius 1 is 1.22 bits per heavy atom. The number of hydrogen-bond donors (Lipinski definition) is 2. The Balaban J connectivity index is 1.60. The Morgan fingerprint density at radius 3 is 3.06 bits per heavy atom. The van der Waals surface area contributed by atoms with E-state index in [1.165, 1.54) is 31.3 Å². The molecule has 0 saturated carbocycles. The molecule has 3 nitrogen and oxygen atoms in total. The van der Waals surface area contributed by atoms with E-state index < -0.39 is 0 Å². The fourth-order valence-corrected chi connectivity index (χ4v) is 2.53. The van der Waals surface area contributed by atoms with E-state index in [0.29, 0.717) is 0 Å². The van der Waals surface area contributed by atoms with Crippen molar-refractivity contribution in [1.29, 1.82) is 0 Å². The number of nitrogens with one attached hydrogen (secondary N) is 2. The molecule has 1 saturated heterocycles. The number of para-hydroxylation sites is 1. The molecule has 0 spiro atoms. The van der Waals surface area contributed by atoms with Gasteiger partial charge in [-0.1, -0.05) is 18.2 Å². The molecule has 1 aromatic heterocycles. The number of fused-ring (bicyclic) bond motifs is 1. The highest BCUT2D eigenvalue weighted by Gasteiger charge is 2.13. The van der Waals surface area contributed by atoms with Crippen molar-refractivity contribution in [3.8, 4) is 0 Å². The number of pyridine rings is 1. The molecule has 1 unspecified atom stereocenters. The fourth-order valence-electron chi connectivity index (χ4n) is 2.53. The molecule has 0 bridgehead atoms. The van der Waals surface area contributed by atoms with E-state index in [0.717, 1.165) is 23.8 Å². The van der Waals surface area contributed by atoms with Gasteiger partial charge in [0.1, 0.15) is 5.82 Å². The fraction of sp³-hybridized carbons (Fsp3) is 0.400. The van der Waals surface area contributed by atoms with Crippen LogP contribution in [-0.4, -0.2) is 24.6 Å². The number of aromatic nitrogens is 1. The molecule has 1 atom stereocenters. The molecule has 0 aliphatic carbocycles. The third-order valence-corrected chi connectivity index (χ3v) is 3.62. The van der Waals surface area contributed by atoms with Gasteiger partial charge >= 0.3 is 0 Å². The van der Waals surface area contributed by atoms with Gasteiger partial charge in [-0.05, 0) is 50.0 Å². The van der Waals surface area contributed by atoms with Crippen LogP contribution >= 0.6 is 0 Å². The van der Waals surface area contributed by atoms with Gasteiger partial charge in [0.2, 0.25) is 0 Å². The zero-order valence-electron chi connectivity index (χ0n) is 10.5.